The van der Waals surface area contributed by atoms with E-state index in [9.17, 15) is 14.9 Å². The van der Waals surface area contributed by atoms with Gasteiger partial charge >= 0.3 is 5.97 Å². The fraction of sp³-hybridized carbons (Fsp3) is 0.458. The number of nitriles is 1. The highest BCUT2D eigenvalue weighted by Gasteiger charge is 2.30. The first-order valence-corrected chi connectivity index (χ1v) is 10.7. The lowest BCUT2D eigenvalue weighted by atomic mass is 10.00. The molecule has 1 aromatic heterocycles. The van der Waals surface area contributed by atoms with Crippen LogP contribution in [0.2, 0.25) is 5.02 Å². The maximum Gasteiger partial charge on any atom is 0.329 e. The fourth-order valence-electron chi connectivity index (χ4n) is 3.35. The van der Waals surface area contributed by atoms with Gasteiger partial charge in [0.1, 0.15) is 17.4 Å². The summed E-state index contributed by atoms with van der Waals surface area (Å²) in [5.74, 6) is -0.215. The average Bonchev–Trinajstić information content (AvgIpc) is 2.73. The van der Waals surface area contributed by atoms with Gasteiger partial charge in [-0.25, -0.2) is 4.79 Å². The number of pyridine rings is 1. The molecule has 2 aromatic rings. The van der Waals surface area contributed by atoms with Gasteiger partial charge in [-0.05, 0) is 45.4 Å². The first-order valence-electron chi connectivity index (χ1n) is 10.3. The number of benzene rings is 1. The van der Waals surface area contributed by atoms with Crippen LogP contribution in [0.3, 0.4) is 0 Å². The van der Waals surface area contributed by atoms with Crippen LogP contribution in [0.15, 0.2) is 35.3 Å². The molecule has 0 aliphatic heterocycles. The third-order valence-corrected chi connectivity index (χ3v) is 5.18. The highest BCUT2D eigenvalue weighted by molar-refractivity contribution is 6.31. The van der Waals surface area contributed by atoms with Crippen molar-refractivity contribution < 1.29 is 19.0 Å². The highest BCUT2D eigenvalue weighted by Crippen LogP contribution is 2.34. The third kappa shape index (κ3) is 6.12. The largest absolute Gasteiger partial charge is 0.495 e. The van der Waals surface area contributed by atoms with E-state index in [0.717, 1.165) is 0 Å². The topological polar surface area (TPSA) is 90.5 Å². The molecule has 0 bridgehead atoms. The number of carbonyl (C=O) groups is 1. The van der Waals surface area contributed by atoms with Crippen LogP contribution in [-0.2, 0) is 14.3 Å². The summed E-state index contributed by atoms with van der Waals surface area (Å²) in [5, 5.41) is 9.91. The Morgan fingerprint density at radius 1 is 1.22 bits per heavy atom. The van der Waals surface area contributed by atoms with Gasteiger partial charge in [0.15, 0.2) is 0 Å². The van der Waals surface area contributed by atoms with Gasteiger partial charge in [0.2, 0.25) is 0 Å². The van der Waals surface area contributed by atoms with E-state index in [1.165, 1.54) is 23.9 Å². The molecule has 2 rings (SSSR count). The number of aromatic nitrogens is 1. The van der Waals surface area contributed by atoms with E-state index in [1.807, 2.05) is 6.92 Å². The molecule has 8 heteroatoms. The van der Waals surface area contributed by atoms with Crippen LogP contribution in [-0.4, -0.2) is 36.5 Å². The number of halogens is 1. The Bertz CT molecular complexity index is 1060. The standard InChI is InChI=1S/C24H29ClN2O5/c1-7-17(30-5)11-20(23(29)32-24(2,3)4)27-14-21(31-6)19(12-22(27)28)18-10-16(25)9-8-15(18)13-26/h8-10,12,14,17,20H,7,11H2,1-6H3. The summed E-state index contributed by atoms with van der Waals surface area (Å²) in [5.41, 5.74) is 0.0680. The number of rotatable bonds is 8. The summed E-state index contributed by atoms with van der Waals surface area (Å²) in [6.07, 6.45) is 2.14. The number of carbonyl (C=O) groups excluding carboxylic acids is 1. The zero-order valence-electron chi connectivity index (χ0n) is 19.3. The van der Waals surface area contributed by atoms with Gasteiger partial charge in [-0.2, -0.15) is 5.26 Å². The summed E-state index contributed by atoms with van der Waals surface area (Å²) < 4.78 is 17.9. The predicted molar refractivity (Wildman–Crippen MR) is 123 cm³/mol. The zero-order valence-corrected chi connectivity index (χ0v) is 20.0. The third-order valence-electron chi connectivity index (χ3n) is 4.95. The van der Waals surface area contributed by atoms with Crippen molar-refractivity contribution in [3.05, 3.63) is 51.4 Å². The Morgan fingerprint density at radius 3 is 2.44 bits per heavy atom. The van der Waals surface area contributed by atoms with Crippen LogP contribution < -0.4 is 10.3 Å². The quantitative estimate of drug-likeness (QED) is 0.528. The molecule has 0 aliphatic rings. The number of nitrogens with zero attached hydrogens (tertiary/aromatic N) is 2. The summed E-state index contributed by atoms with van der Waals surface area (Å²) >= 11 is 6.12. The average molecular weight is 461 g/mol. The van der Waals surface area contributed by atoms with Gasteiger partial charge in [-0.1, -0.05) is 18.5 Å². The Kier molecular flexibility index (Phi) is 8.48. The van der Waals surface area contributed by atoms with Crippen LogP contribution >= 0.6 is 11.6 Å². The summed E-state index contributed by atoms with van der Waals surface area (Å²) in [4.78, 5) is 26.2. The van der Waals surface area contributed by atoms with Crippen molar-refractivity contribution in [2.45, 2.75) is 58.3 Å². The maximum atomic E-state index is 13.2. The first kappa shape index (κ1) is 25.4. The lowest BCUT2D eigenvalue weighted by molar-refractivity contribution is -0.160. The minimum absolute atomic E-state index is 0.247. The lowest BCUT2D eigenvalue weighted by Gasteiger charge is -2.27. The van der Waals surface area contributed by atoms with E-state index in [1.54, 1.807) is 46.1 Å². The van der Waals surface area contributed by atoms with Gasteiger partial charge < -0.3 is 14.2 Å². The molecule has 2 atom stereocenters. The van der Waals surface area contributed by atoms with Crippen LogP contribution in [0.4, 0.5) is 0 Å². The van der Waals surface area contributed by atoms with E-state index in [0.29, 0.717) is 33.9 Å². The van der Waals surface area contributed by atoms with Crippen molar-refractivity contribution in [3.8, 4) is 22.9 Å². The van der Waals surface area contributed by atoms with Crippen molar-refractivity contribution in [1.82, 2.24) is 4.57 Å². The molecule has 0 saturated carbocycles. The minimum atomic E-state index is -0.913. The molecule has 0 spiro atoms. The van der Waals surface area contributed by atoms with Crippen molar-refractivity contribution in [2.24, 2.45) is 0 Å². The Labute approximate surface area is 193 Å². The maximum absolute atomic E-state index is 13.2. The number of hydrogen-bond donors (Lipinski definition) is 0. The molecule has 7 nitrogen and oxygen atoms in total. The van der Waals surface area contributed by atoms with Crippen LogP contribution in [0, 0.1) is 11.3 Å². The van der Waals surface area contributed by atoms with Gasteiger partial charge in [0.25, 0.3) is 5.56 Å². The second kappa shape index (κ2) is 10.7. The normalized spacial score (nSPS) is 13.2. The Hall–Kier alpha value is -2.82. The van der Waals surface area contributed by atoms with Crippen LogP contribution in [0.25, 0.3) is 11.1 Å². The van der Waals surface area contributed by atoms with Crippen LogP contribution in [0.5, 0.6) is 5.75 Å². The first-order chi connectivity index (χ1) is 15.0. The molecule has 0 fully saturated rings. The van der Waals surface area contributed by atoms with Crippen molar-refractivity contribution in [3.63, 3.8) is 0 Å². The number of methoxy groups -OCH3 is 2. The van der Waals surface area contributed by atoms with Crippen molar-refractivity contribution >= 4 is 17.6 Å². The molecule has 0 saturated heterocycles. The second-order valence-corrected chi connectivity index (χ2v) is 8.79. The Balaban J connectivity index is 2.66. The molecule has 1 aromatic carbocycles. The fourth-order valence-corrected chi connectivity index (χ4v) is 3.53. The SMILES string of the molecule is CCC(CC(C(=O)OC(C)(C)C)n1cc(OC)c(-c2cc(Cl)ccc2C#N)cc1=O)OC. The predicted octanol–water partition coefficient (Wildman–Crippen LogP) is 4.75. The van der Waals surface area contributed by atoms with E-state index in [-0.39, 0.29) is 12.5 Å². The van der Waals surface area contributed by atoms with Crippen molar-refractivity contribution in [1.29, 1.82) is 5.26 Å². The van der Waals surface area contributed by atoms with Crippen molar-refractivity contribution in [2.75, 3.05) is 14.2 Å². The summed E-state index contributed by atoms with van der Waals surface area (Å²) in [6, 6.07) is 7.32. The molecular formula is C24H29ClN2O5. The molecule has 32 heavy (non-hydrogen) atoms. The smallest absolute Gasteiger partial charge is 0.329 e. The molecule has 0 N–H and O–H groups in total. The lowest BCUT2D eigenvalue weighted by Crippen LogP contribution is -2.36. The van der Waals surface area contributed by atoms with Gasteiger partial charge in [0, 0.05) is 35.7 Å². The monoisotopic (exact) mass is 460 g/mol. The molecular weight excluding hydrogens is 432 g/mol. The zero-order chi connectivity index (χ0) is 24.1. The van der Waals surface area contributed by atoms with E-state index < -0.39 is 23.2 Å². The minimum Gasteiger partial charge on any atom is -0.495 e. The molecule has 2 unspecified atom stereocenters. The number of hydrogen-bond acceptors (Lipinski definition) is 6. The number of ether oxygens (including phenoxy) is 3. The van der Waals surface area contributed by atoms with Gasteiger partial charge in [-0.15, -0.1) is 0 Å². The van der Waals surface area contributed by atoms with Gasteiger partial charge in [0.05, 0.1) is 31.0 Å². The number of esters is 1. The Morgan fingerprint density at radius 2 is 1.91 bits per heavy atom. The molecule has 0 amide bonds. The molecule has 0 radical (unpaired) electrons. The van der Waals surface area contributed by atoms with E-state index in [4.69, 9.17) is 25.8 Å². The second-order valence-electron chi connectivity index (χ2n) is 8.35. The highest BCUT2D eigenvalue weighted by atomic mass is 35.5. The van der Waals surface area contributed by atoms with Crippen LogP contribution in [0.1, 0.15) is 52.1 Å². The molecule has 0 aliphatic carbocycles. The van der Waals surface area contributed by atoms with E-state index >= 15 is 0 Å². The van der Waals surface area contributed by atoms with E-state index in [2.05, 4.69) is 6.07 Å². The summed E-state index contributed by atoms with van der Waals surface area (Å²) in [7, 11) is 3.02. The molecule has 172 valence electrons. The summed E-state index contributed by atoms with van der Waals surface area (Å²) in [6.45, 7) is 7.25. The van der Waals surface area contributed by atoms with Gasteiger partial charge in [-0.3, -0.25) is 9.36 Å². The molecule has 1 heterocycles.